The number of para-hydroxylation sites is 1. The monoisotopic (exact) mass is 300 g/mol. The molecule has 0 atom stereocenters. The average Bonchev–Trinajstić information content (AvgIpc) is 2.49. The van der Waals surface area contributed by atoms with E-state index in [-0.39, 0.29) is 5.97 Å². The van der Waals surface area contributed by atoms with E-state index in [2.05, 4.69) is 10.6 Å². The predicted molar refractivity (Wildman–Crippen MR) is 88.8 cm³/mol. The normalized spacial score (nSPS) is 9.81. The van der Waals surface area contributed by atoms with Gasteiger partial charge in [0.15, 0.2) is 5.11 Å². The summed E-state index contributed by atoms with van der Waals surface area (Å²) in [6.07, 6.45) is 0. The standard InChI is InChI=1S/C16H16N2O2S/c1-11-6-3-4-9-14(11)18-16(21)17-13-8-5-7-12(10-13)15(19)20-2/h3-10H,1-2H3,(H2,17,18,21). The maximum Gasteiger partial charge on any atom is 0.337 e. The van der Waals surface area contributed by atoms with Crippen molar-refractivity contribution < 1.29 is 9.53 Å². The molecule has 2 N–H and O–H groups in total. The first-order chi connectivity index (χ1) is 10.1. The van der Waals surface area contributed by atoms with Gasteiger partial charge in [-0.2, -0.15) is 0 Å². The summed E-state index contributed by atoms with van der Waals surface area (Å²) in [5.41, 5.74) is 3.24. The number of aryl methyl sites for hydroxylation is 1. The second-order valence-corrected chi connectivity index (χ2v) is 4.87. The predicted octanol–water partition coefficient (Wildman–Crippen LogP) is 3.59. The number of rotatable bonds is 3. The Bertz CT molecular complexity index is 671. The molecule has 0 aliphatic carbocycles. The molecule has 0 bridgehead atoms. The van der Waals surface area contributed by atoms with Crippen LogP contribution < -0.4 is 10.6 Å². The molecule has 2 rings (SSSR count). The third-order valence-corrected chi connectivity index (χ3v) is 3.14. The van der Waals surface area contributed by atoms with Crippen LogP contribution in [0.2, 0.25) is 0 Å². The molecular formula is C16H16N2O2S. The lowest BCUT2D eigenvalue weighted by Gasteiger charge is -2.12. The van der Waals surface area contributed by atoms with Crippen LogP contribution in [-0.2, 0) is 4.74 Å². The number of hydrogen-bond acceptors (Lipinski definition) is 3. The lowest BCUT2D eigenvalue weighted by Crippen LogP contribution is -2.19. The summed E-state index contributed by atoms with van der Waals surface area (Å²) in [5, 5.41) is 6.64. The molecule has 0 aliphatic rings. The fraction of sp³-hybridized carbons (Fsp3) is 0.125. The zero-order valence-electron chi connectivity index (χ0n) is 11.8. The first kappa shape index (κ1) is 15.0. The average molecular weight is 300 g/mol. The van der Waals surface area contributed by atoms with Crippen LogP contribution in [0.5, 0.6) is 0 Å². The van der Waals surface area contributed by atoms with Crippen molar-refractivity contribution in [1.29, 1.82) is 0 Å². The Morgan fingerprint density at radius 1 is 1.10 bits per heavy atom. The van der Waals surface area contributed by atoms with Crippen molar-refractivity contribution in [2.24, 2.45) is 0 Å². The molecule has 0 unspecified atom stereocenters. The zero-order valence-corrected chi connectivity index (χ0v) is 12.7. The van der Waals surface area contributed by atoms with Gasteiger partial charge in [-0.25, -0.2) is 4.79 Å². The number of carbonyl (C=O) groups is 1. The third kappa shape index (κ3) is 4.03. The second kappa shape index (κ2) is 6.85. The van der Waals surface area contributed by atoms with Crippen LogP contribution in [0.25, 0.3) is 0 Å². The van der Waals surface area contributed by atoms with E-state index >= 15 is 0 Å². The van der Waals surface area contributed by atoms with Crippen molar-refractivity contribution in [2.75, 3.05) is 17.7 Å². The van der Waals surface area contributed by atoms with Crippen LogP contribution in [0, 0.1) is 6.92 Å². The number of carbonyl (C=O) groups excluding carboxylic acids is 1. The lowest BCUT2D eigenvalue weighted by molar-refractivity contribution is 0.0601. The van der Waals surface area contributed by atoms with Gasteiger partial charge in [-0.1, -0.05) is 24.3 Å². The Morgan fingerprint density at radius 3 is 2.57 bits per heavy atom. The number of nitrogens with one attached hydrogen (secondary N) is 2. The summed E-state index contributed by atoms with van der Waals surface area (Å²) in [6.45, 7) is 2.00. The number of methoxy groups -OCH3 is 1. The van der Waals surface area contributed by atoms with Gasteiger partial charge in [-0.05, 0) is 49.0 Å². The van der Waals surface area contributed by atoms with Gasteiger partial charge in [-0.15, -0.1) is 0 Å². The van der Waals surface area contributed by atoms with Crippen molar-refractivity contribution in [3.8, 4) is 0 Å². The van der Waals surface area contributed by atoms with E-state index in [0.29, 0.717) is 10.7 Å². The minimum atomic E-state index is -0.378. The molecule has 0 amide bonds. The van der Waals surface area contributed by atoms with Crippen molar-refractivity contribution in [2.45, 2.75) is 6.92 Å². The maximum absolute atomic E-state index is 11.5. The molecule has 5 heteroatoms. The topological polar surface area (TPSA) is 50.4 Å². The van der Waals surface area contributed by atoms with E-state index in [1.807, 2.05) is 37.3 Å². The maximum atomic E-state index is 11.5. The minimum absolute atomic E-state index is 0.378. The quantitative estimate of drug-likeness (QED) is 0.670. The molecule has 0 aliphatic heterocycles. The van der Waals surface area contributed by atoms with Gasteiger partial charge < -0.3 is 15.4 Å². The molecule has 0 fully saturated rings. The molecule has 2 aromatic rings. The van der Waals surface area contributed by atoms with Gasteiger partial charge in [0.05, 0.1) is 12.7 Å². The molecule has 0 aromatic heterocycles. The van der Waals surface area contributed by atoms with E-state index in [9.17, 15) is 4.79 Å². The van der Waals surface area contributed by atoms with Crippen molar-refractivity contribution in [3.63, 3.8) is 0 Å². The minimum Gasteiger partial charge on any atom is -0.465 e. The summed E-state index contributed by atoms with van der Waals surface area (Å²) in [4.78, 5) is 11.5. The van der Waals surface area contributed by atoms with Crippen molar-refractivity contribution in [1.82, 2.24) is 0 Å². The van der Waals surface area contributed by atoms with Gasteiger partial charge in [0.2, 0.25) is 0 Å². The molecule has 21 heavy (non-hydrogen) atoms. The van der Waals surface area contributed by atoms with Crippen molar-refractivity contribution in [3.05, 3.63) is 59.7 Å². The van der Waals surface area contributed by atoms with Gasteiger partial charge >= 0.3 is 5.97 Å². The highest BCUT2D eigenvalue weighted by molar-refractivity contribution is 7.80. The third-order valence-electron chi connectivity index (χ3n) is 2.93. The second-order valence-electron chi connectivity index (χ2n) is 4.47. The van der Waals surface area contributed by atoms with Crippen LogP contribution in [-0.4, -0.2) is 18.2 Å². The van der Waals surface area contributed by atoms with E-state index < -0.39 is 0 Å². The summed E-state index contributed by atoms with van der Waals surface area (Å²) in [5.74, 6) is -0.378. The molecule has 0 heterocycles. The van der Waals surface area contributed by atoms with E-state index in [0.717, 1.165) is 16.9 Å². The molecule has 4 nitrogen and oxygen atoms in total. The number of anilines is 2. The van der Waals surface area contributed by atoms with Crippen molar-refractivity contribution >= 4 is 34.7 Å². The first-order valence-corrected chi connectivity index (χ1v) is 6.83. The highest BCUT2D eigenvalue weighted by Gasteiger charge is 2.06. The Balaban J connectivity index is 2.06. The Labute approximate surface area is 129 Å². The summed E-state index contributed by atoms with van der Waals surface area (Å²) in [6, 6.07) is 14.8. The molecule has 0 spiro atoms. The van der Waals surface area contributed by atoms with Crippen LogP contribution in [0.3, 0.4) is 0 Å². The molecule has 108 valence electrons. The smallest absolute Gasteiger partial charge is 0.337 e. The SMILES string of the molecule is COC(=O)c1cccc(NC(=S)Nc2ccccc2C)c1. The van der Waals surface area contributed by atoms with Crippen LogP contribution in [0.4, 0.5) is 11.4 Å². The van der Waals surface area contributed by atoms with Crippen LogP contribution in [0.15, 0.2) is 48.5 Å². The number of thiocarbonyl (C=S) groups is 1. The van der Waals surface area contributed by atoms with Crippen LogP contribution >= 0.6 is 12.2 Å². The Morgan fingerprint density at radius 2 is 1.86 bits per heavy atom. The number of esters is 1. The Hall–Kier alpha value is -2.40. The van der Waals surface area contributed by atoms with Gasteiger partial charge in [-0.3, -0.25) is 0 Å². The lowest BCUT2D eigenvalue weighted by atomic mass is 10.2. The summed E-state index contributed by atoms with van der Waals surface area (Å²) >= 11 is 5.28. The summed E-state index contributed by atoms with van der Waals surface area (Å²) < 4.78 is 4.69. The number of ether oxygens (including phenoxy) is 1. The number of benzene rings is 2. The molecule has 0 saturated carbocycles. The van der Waals surface area contributed by atoms with Crippen LogP contribution in [0.1, 0.15) is 15.9 Å². The number of hydrogen-bond donors (Lipinski definition) is 2. The molecular weight excluding hydrogens is 284 g/mol. The fourth-order valence-electron chi connectivity index (χ4n) is 1.84. The van der Waals surface area contributed by atoms with E-state index in [1.165, 1.54) is 7.11 Å². The van der Waals surface area contributed by atoms with Gasteiger partial charge in [0.1, 0.15) is 0 Å². The van der Waals surface area contributed by atoms with Gasteiger partial charge in [0.25, 0.3) is 0 Å². The highest BCUT2D eigenvalue weighted by atomic mass is 32.1. The van der Waals surface area contributed by atoms with E-state index in [1.54, 1.807) is 18.2 Å². The first-order valence-electron chi connectivity index (χ1n) is 6.42. The zero-order chi connectivity index (χ0) is 15.2. The molecule has 0 saturated heterocycles. The Kier molecular flexibility index (Phi) is 4.90. The largest absolute Gasteiger partial charge is 0.465 e. The fourth-order valence-corrected chi connectivity index (χ4v) is 2.07. The summed E-state index contributed by atoms with van der Waals surface area (Å²) in [7, 11) is 1.35. The highest BCUT2D eigenvalue weighted by Crippen LogP contribution is 2.15. The van der Waals surface area contributed by atoms with E-state index in [4.69, 9.17) is 17.0 Å². The molecule has 2 aromatic carbocycles. The molecule has 0 radical (unpaired) electrons. The van der Waals surface area contributed by atoms with Gasteiger partial charge in [0, 0.05) is 11.4 Å².